The van der Waals surface area contributed by atoms with E-state index in [2.05, 4.69) is 24.3 Å². The SMILES string of the molecule is CCOc1cc(/C=C2\SC(=O)N(Cc3cc4c(cc3Cl)OCO4)C2=O)ccc1OCc1ccc2ccccc2c1. The summed E-state index contributed by atoms with van der Waals surface area (Å²) >= 11 is 7.25. The normalized spacial score (nSPS) is 15.3. The second kappa shape index (κ2) is 11.2. The number of hydrogen-bond acceptors (Lipinski definition) is 7. The minimum absolute atomic E-state index is 0.0310. The first-order chi connectivity index (χ1) is 19.5. The van der Waals surface area contributed by atoms with E-state index in [1.165, 1.54) is 10.3 Å². The second-order valence-electron chi connectivity index (χ2n) is 9.17. The summed E-state index contributed by atoms with van der Waals surface area (Å²) < 4.78 is 22.7. The number of carbonyl (C=O) groups is 2. The molecule has 7 nitrogen and oxygen atoms in total. The lowest BCUT2D eigenvalue weighted by Crippen LogP contribution is -2.27. The van der Waals surface area contributed by atoms with Gasteiger partial charge in [0.15, 0.2) is 23.0 Å². The van der Waals surface area contributed by atoms with Gasteiger partial charge in [0.2, 0.25) is 6.79 Å². The van der Waals surface area contributed by atoms with Gasteiger partial charge in [0.25, 0.3) is 11.1 Å². The monoisotopic (exact) mass is 573 g/mol. The third kappa shape index (κ3) is 5.33. The van der Waals surface area contributed by atoms with Crippen LogP contribution in [-0.4, -0.2) is 29.4 Å². The fraction of sp³-hybridized carbons (Fsp3) is 0.161. The van der Waals surface area contributed by atoms with Gasteiger partial charge in [0, 0.05) is 11.1 Å². The number of amides is 2. The summed E-state index contributed by atoms with van der Waals surface area (Å²) in [5.41, 5.74) is 2.36. The summed E-state index contributed by atoms with van der Waals surface area (Å²) in [4.78, 5) is 27.4. The number of ether oxygens (including phenoxy) is 4. The van der Waals surface area contributed by atoms with Crippen LogP contribution in [0.5, 0.6) is 23.0 Å². The van der Waals surface area contributed by atoms with Gasteiger partial charge in [-0.3, -0.25) is 14.5 Å². The van der Waals surface area contributed by atoms with E-state index in [0.29, 0.717) is 57.3 Å². The molecule has 0 radical (unpaired) electrons. The van der Waals surface area contributed by atoms with Crippen molar-refractivity contribution in [2.24, 2.45) is 0 Å². The van der Waals surface area contributed by atoms with Gasteiger partial charge >= 0.3 is 0 Å². The molecule has 2 amide bonds. The maximum absolute atomic E-state index is 13.2. The Morgan fingerprint density at radius 2 is 1.73 bits per heavy atom. The van der Waals surface area contributed by atoms with Gasteiger partial charge in [-0.2, -0.15) is 0 Å². The van der Waals surface area contributed by atoms with Crippen molar-refractivity contribution in [1.82, 2.24) is 4.90 Å². The highest BCUT2D eigenvalue weighted by Gasteiger charge is 2.35. The molecule has 0 aliphatic carbocycles. The van der Waals surface area contributed by atoms with Crippen LogP contribution in [-0.2, 0) is 17.9 Å². The van der Waals surface area contributed by atoms with Crippen LogP contribution in [0.25, 0.3) is 16.8 Å². The zero-order chi connectivity index (χ0) is 27.6. The van der Waals surface area contributed by atoms with Crippen LogP contribution in [0, 0.1) is 0 Å². The molecule has 4 aromatic rings. The first-order valence-electron chi connectivity index (χ1n) is 12.7. The maximum Gasteiger partial charge on any atom is 0.293 e. The number of thioether (sulfide) groups is 1. The number of fused-ring (bicyclic) bond motifs is 2. The highest BCUT2D eigenvalue weighted by atomic mass is 35.5. The minimum atomic E-state index is -0.390. The standard InChI is InChI=1S/C31H24ClNO6S/c1-2-36-26-12-19(8-10-25(26)37-17-20-7-9-21-5-3-4-6-22(21)11-20)13-29-30(34)33(31(35)40-29)16-23-14-27-28(15-24(23)32)39-18-38-27/h3-15H,2,16-18H2,1H3/b29-13-. The van der Waals surface area contributed by atoms with Gasteiger partial charge in [-0.05, 0) is 76.5 Å². The van der Waals surface area contributed by atoms with Crippen molar-refractivity contribution >= 4 is 51.4 Å². The molecule has 4 aromatic carbocycles. The van der Waals surface area contributed by atoms with Gasteiger partial charge in [0.05, 0.1) is 18.1 Å². The molecule has 202 valence electrons. The predicted molar refractivity (Wildman–Crippen MR) is 155 cm³/mol. The largest absolute Gasteiger partial charge is 0.490 e. The molecule has 0 unspecified atom stereocenters. The highest BCUT2D eigenvalue weighted by Crippen LogP contribution is 2.40. The lowest BCUT2D eigenvalue weighted by atomic mass is 10.1. The van der Waals surface area contributed by atoms with Crippen LogP contribution in [0.1, 0.15) is 23.6 Å². The first kappa shape index (κ1) is 26.1. The molecular formula is C31H24ClNO6S. The van der Waals surface area contributed by atoms with E-state index in [-0.39, 0.29) is 18.6 Å². The molecule has 0 saturated carbocycles. The smallest absolute Gasteiger partial charge is 0.293 e. The lowest BCUT2D eigenvalue weighted by molar-refractivity contribution is -0.123. The molecule has 0 atom stereocenters. The predicted octanol–water partition coefficient (Wildman–Crippen LogP) is 7.44. The third-order valence-corrected chi connectivity index (χ3v) is 7.78. The molecule has 1 fully saturated rings. The Bertz CT molecular complexity index is 1670. The topological polar surface area (TPSA) is 74.3 Å². The fourth-order valence-electron chi connectivity index (χ4n) is 4.53. The van der Waals surface area contributed by atoms with E-state index in [0.717, 1.165) is 22.7 Å². The number of nitrogens with zero attached hydrogens (tertiary/aromatic N) is 1. The van der Waals surface area contributed by atoms with E-state index in [4.69, 9.17) is 30.5 Å². The summed E-state index contributed by atoms with van der Waals surface area (Å²) in [7, 11) is 0. The molecular weight excluding hydrogens is 550 g/mol. The molecule has 0 bridgehead atoms. The number of rotatable bonds is 8. The van der Waals surface area contributed by atoms with Crippen molar-refractivity contribution < 1.29 is 28.5 Å². The zero-order valence-corrected chi connectivity index (χ0v) is 23.1. The average Bonchev–Trinajstić information content (AvgIpc) is 3.51. The number of benzene rings is 4. The fourth-order valence-corrected chi connectivity index (χ4v) is 5.58. The molecule has 2 heterocycles. The Labute approximate surface area is 240 Å². The van der Waals surface area contributed by atoms with Crippen molar-refractivity contribution in [2.75, 3.05) is 13.4 Å². The van der Waals surface area contributed by atoms with Gasteiger partial charge in [-0.25, -0.2) is 0 Å². The van der Waals surface area contributed by atoms with Gasteiger partial charge in [-0.1, -0.05) is 54.1 Å². The Morgan fingerprint density at radius 3 is 2.55 bits per heavy atom. The van der Waals surface area contributed by atoms with E-state index in [9.17, 15) is 9.59 Å². The highest BCUT2D eigenvalue weighted by molar-refractivity contribution is 8.18. The van der Waals surface area contributed by atoms with Crippen LogP contribution < -0.4 is 18.9 Å². The maximum atomic E-state index is 13.2. The summed E-state index contributed by atoms with van der Waals surface area (Å²) in [5.74, 6) is 1.84. The molecule has 0 aromatic heterocycles. The summed E-state index contributed by atoms with van der Waals surface area (Å²) in [6.45, 7) is 2.86. The number of halogens is 1. The second-order valence-corrected chi connectivity index (χ2v) is 10.6. The van der Waals surface area contributed by atoms with Gasteiger partial charge in [-0.15, -0.1) is 0 Å². The number of hydrogen-bond donors (Lipinski definition) is 0. The minimum Gasteiger partial charge on any atom is -0.490 e. The van der Waals surface area contributed by atoms with Gasteiger partial charge < -0.3 is 18.9 Å². The molecule has 2 aliphatic rings. The molecule has 40 heavy (non-hydrogen) atoms. The summed E-state index contributed by atoms with van der Waals surface area (Å²) in [6.07, 6.45) is 1.68. The van der Waals surface area contributed by atoms with Crippen molar-refractivity contribution in [3.05, 3.63) is 99.4 Å². The quantitative estimate of drug-likeness (QED) is 0.203. The molecule has 0 spiro atoms. The zero-order valence-electron chi connectivity index (χ0n) is 21.5. The van der Waals surface area contributed by atoms with Crippen molar-refractivity contribution in [2.45, 2.75) is 20.1 Å². The van der Waals surface area contributed by atoms with Crippen LogP contribution >= 0.6 is 23.4 Å². The summed E-state index contributed by atoms with van der Waals surface area (Å²) in [6, 6.07) is 23.2. The van der Waals surface area contributed by atoms with Crippen molar-refractivity contribution in [1.29, 1.82) is 0 Å². The molecule has 0 N–H and O–H groups in total. The number of imide groups is 1. The van der Waals surface area contributed by atoms with Crippen LogP contribution in [0.2, 0.25) is 5.02 Å². The van der Waals surface area contributed by atoms with E-state index >= 15 is 0 Å². The van der Waals surface area contributed by atoms with Crippen molar-refractivity contribution in [3.8, 4) is 23.0 Å². The first-order valence-corrected chi connectivity index (χ1v) is 13.9. The number of carbonyl (C=O) groups excluding carboxylic acids is 2. The Kier molecular flexibility index (Phi) is 7.28. The average molecular weight is 574 g/mol. The van der Waals surface area contributed by atoms with Crippen LogP contribution in [0.3, 0.4) is 0 Å². The molecule has 9 heteroatoms. The van der Waals surface area contributed by atoms with E-state index < -0.39 is 5.91 Å². The Morgan fingerprint density at radius 1 is 0.925 bits per heavy atom. The van der Waals surface area contributed by atoms with Gasteiger partial charge in [0.1, 0.15) is 6.61 Å². The molecule has 1 saturated heterocycles. The Balaban J connectivity index is 1.18. The lowest BCUT2D eigenvalue weighted by Gasteiger charge is -2.14. The third-order valence-electron chi connectivity index (χ3n) is 6.52. The van der Waals surface area contributed by atoms with E-state index in [1.807, 2.05) is 43.3 Å². The van der Waals surface area contributed by atoms with Crippen LogP contribution in [0.4, 0.5) is 4.79 Å². The Hall–Kier alpha value is -4.14. The summed E-state index contributed by atoms with van der Waals surface area (Å²) in [5, 5.41) is 2.35. The van der Waals surface area contributed by atoms with Crippen LogP contribution in [0.15, 0.2) is 77.7 Å². The van der Waals surface area contributed by atoms with Crippen molar-refractivity contribution in [3.63, 3.8) is 0 Å². The van der Waals surface area contributed by atoms with E-state index in [1.54, 1.807) is 18.2 Å². The molecule has 6 rings (SSSR count). The molecule has 2 aliphatic heterocycles.